The number of benzene rings is 1. The van der Waals surface area contributed by atoms with Crippen LogP contribution in [0.4, 0.5) is 4.39 Å². The molecule has 1 aliphatic carbocycles. The Balaban J connectivity index is 1.52. The number of rotatable bonds is 9. The van der Waals surface area contributed by atoms with Crippen LogP contribution in [-0.2, 0) is 17.6 Å². The molecule has 1 saturated carbocycles. The molecule has 1 spiro atoms. The molecule has 7 heteroatoms. The maximum absolute atomic E-state index is 14.7. The third-order valence-electron chi connectivity index (χ3n) is 6.92. The van der Waals surface area contributed by atoms with Gasteiger partial charge in [-0.3, -0.25) is 4.79 Å². The molecule has 1 aromatic heterocycles. The van der Waals surface area contributed by atoms with E-state index in [0.717, 1.165) is 36.8 Å². The lowest BCUT2D eigenvalue weighted by atomic mass is 9.73. The summed E-state index contributed by atoms with van der Waals surface area (Å²) in [6.07, 6.45) is 4.03. The van der Waals surface area contributed by atoms with Crippen molar-refractivity contribution in [1.82, 2.24) is 15.6 Å². The first kappa shape index (κ1) is 24.6. The summed E-state index contributed by atoms with van der Waals surface area (Å²) in [5.41, 5.74) is 2.17. The second kappa shape index (κ2) is 10.4. The molecule has 184 valence electrons. The van der Waals surface area contributed by atoms with Gasteiger partial charge in [-0.1, -0.05) is 44.2 Å². The zero-order valence-corrected chi connectivity index (χ0v) is 20.3. The predicted octanol–water partition coefficient (Wildman–Crippen LogP) is 3.86. The fourth-order valence-electron chi connectivity index (χ4n) is 5.05. The number of aliphatic hydroxyl groups is 1. The smallest absolute Gasteiger partial charge is 0.221 e. The molecule has 0 saturated heterocycles. The van der Waals surface area contributed by atoms with Gasteiger partial charge in [-0.25, -0.2) is 0 Å². The summed E-state index contributed by atoms with van der Waals surface area (Å²) >= 11 is 0. The quantitative estimate of drug-likeness (QED) is 0.486. The number of aromatic nitrogens is 1. The van der Waals surface area contributed by atoms with E-state index in [1.54, 1.807) is 0 Å². The molecule has 2 aliphatic rings. The third kappa shape index (κ3) is 5.76. The molecular formula is C27H36FN3O3. The average molecular weight is 470 g/mol. The van der Waals surface area contributed by atoms with E-state index in [1.165, 1.54) is 6.92 Å². The Labute approximate surface area is 201 Å². The predicted molar refractivity (Wildman–Crippen MR) is 129 cm³/mol. The molecule has 1 aliphatic heterocycles. The molecule has 0 unspecified atom stereocenters. The standard InChI is InChI=1S/C27H36FN3O3/c1-17(2)12-20-14-21-23(15-27(10-7-11-27)34-26(21)31-25(20)28)29-16-24(33)22(30-18(3)32)13-19-8-5-4-6-9-19/h4-6,8-9,14,17,22-24,29,33H,7,10-13,15-16H2,1-3H3,(H,30,32)/t22-,23-,24-/m0/s1. The van der Waals surface area contributed by atoms with Crippen LogP contribution in [0.1, 0.15) is 69.2 Å². The van der Waals surface area contributed by atoms with Crippen LogP contribution < -0.4 is 15.4 Å². The van der Waals surface area contributed by atoms with Crippen molar-refractivity contribution >= 4 is 5.91 Å². The number of nitrogens with one attached hydrogen (secondary N) is 2. The van der Waals surface area contributed by atoms with E-state index in [2.05, 4.69) is 29.5 Å². The highest BCUT2D eigenvalue weighted by Crippen LogP contribution is 2.48. The minimum Gasteiger partial charge on any atom is -0.471 e. The first-order valence-electron chi connectivity index (χ1n) is 12.4. The van der Waals surface area contributed by atoms with E-state index in [0.29, 0.717) is 30.2 Å². The number of hydrogen-bond acceptors (Lipinski definition) is 5. The van der Waals surface area contributed by atoms with E-state index in [1.807, 2.05) is 36.4 Å². The van der Waals surface area contributed by atoms with Crippen LogP contribution in [0.5, 0.6) is 5.88 Å². The van der Waals surface area contributed by atoms with E-state index >= 15 is 0 Å². The summed E-state index contributed by atoms with van der Waals surface area (Å²) in [5, 5.41) is 17.4. The number of halogens is 1. The Bertz CT molecular complexity index is 994. The topological polar surface area (TPSA) is 83.5 Å². The van der Waals surface area contributed by atoms with Crippen molar-refractivity contribution in [2.75, 3.05) is 6.54 Å². The van der Waals surface area contributed by atoms with Gasteiger partial charge >= 0.3 is 0 Å². The molecule has 1 aromatic carbocycles. The number of carbonyl (C=O) groups excluding carboxylic acids is 1. The van der Waals surface area contributed by atoms with Gasteiger partial charge in [0.2, 0.25) is 17.7 Å². The second-order valence-electron chi connectivity index (χ2n) is 10.3. The number of aliphatic hydroxyl groups excluding tert-OH is 1. The molecule has 34 heavy (non-hydrogen) atoms. The van der Waals surface area contributed by atoms with Crippen LogP contribution >= 0.6 is 0 Å². The zero-order valence-electron chi connectivity index (χ0n) is 20.3. The summed E-state index contributed by atoms with van der Waals surface area (Å²) in [6.45, 7) is 5.86. The molecule has 3 atom stereocenters. The summed E-state index contributed by atoms with van der Waals surface area (Å²) in [5.74, 6) is 0.0334. The number of ether oxygens (including phenoxy) is 1. The number of amides is 1. The maximum atomic E-state index is 14.7. The molecule has 0 bridgehead atoms. The van der Waals surface area contributed by atoms with Crippen LogP contribution in [0.25, 0.3) is 0 Å². The van der Waals surface area contributed by atoms with Gasteiger partial charge in [0, 0.05) is 37.1 Å². The summed E-state index contributed by atoms with van der Waals surface area (Å²) < 4.78 is 20.9. The van der Waals surface area contributed by atoms with Crippen LogP contribution in [0.3, 0.4) is 0 Å². The van der Waals surface area contributed by atoms with E-state index < -0.39 is 18.1 Å². The number of pyridine rings is 1. The fourth-order valence-corrected chi connectivity index (χ4v) is 5.05. The first-order chi connectivity index (χ1) is 16.2. The maximum Gasteiger partial charge on any atom is 0.221 e. The lowest BCUT2D eigenvalue weighted by molar-refractivity contribution is -0.120. The van der Waals surface area contributed by atoms with Crippen LogP contribution in [0.15, 0.2) is 36.4 Å². The van der Waals surface area contributed by atoms with Gasteiger partial charge in [-0.15, -0.1) is 0 Å². The fraction of sp³-hybridized carbons (Fsp3) is 0.556. The Morgan fingerprint density at radius 2 is 2.00 bits per heavy atom. The number of carbonyl (C=O) groups is 1. The Hall–Kier alpha value is -2.51. The Morgan fingerprint density at radius 3 is 2.62 bits per heavy atom. The minimum absolute atomic E-state index is 0.104. The molecule has 2 heterocycles. The van der Waals surface area contributed by atoms with Crippen LogP contribution in [-0.4, -0.2) is 40.3 Å². The number of nitrogens with zero attached hydrogens (tertiary/aromatic N) is 1. The van der Waals surface area contributed by atoms with Crippen molar-refractivity contribution in [3.8, 4) is 5.88 Å². The SMILES string of the molecule is CC(=O)N[C@@H](Cc1ccccc1)[C@@H](O)CN[C@H]1CC2(CCC2)Oc2nc(F)c(CC(C)C)cc21. The van der Waals surface area contributed by atoms with Crippen LogP contribution in [0.2, 0.25) is 0 Å². The largest absolute Gasteiger partial charge is 0.471 e. The van der Waals surface area contributed by atoms with Gasteiger partial charge in [0.25, 0.3) is 0 Å². The first-order valence-corrected chi connectivity index (χ1v) is 12.4. The second-order valence-corrected chi connectivity index (χ2v) is 10.3. The normalized spacial score (nSPS) is 20.2. The highest BCUT2D eigenvalue weighted by Gasteiger charge is 2.46. The monoisotopic (exact) mass is 469 g/mol. The van der Waals surface area contributed by atoms with Gasteiger partial charge in [0.05, 0.1) is 12.1 Å². The molecule has 6 nitrogen and oxygen atoms in total. The molecule has 1 fully saturated rings. The summed E-state index contributed by atoms with van der Waals surface area (Å²) in [4.78, 5) is 16.0. The molecule has 3 N–H and O–H groups in total. The number of fused-ring (bicyclic) bond motifs is 1. The van der Waals surface area contributed by atoms with Gasteiger partial charge in [-0.05, 0) is 49.7 Å². The van der Waals surface area contributed by atoms with Crippen molar-refractivity contribution in [3.63, 3.8) is 0 Å². The van der Waals surface area contributed by atoms with Gasteiger partial charge in [0.15, 0.2) is 0 Å². The third-order valence-corrected chi connectivity index (χ3v) is 6.92. The van der Waals surface area contributed by atoms with Crippen molar-refractivity contribution in [1.29, 1.82) is 0 Å². The van der Waals surface area contributed by atoms with Crippen molar-refractivity contribution in [2.24, 2.45) is 5.92 Å². The van der Waals surface area contributed by atoms with E-state index in [4.69, 9.17) is 4.74 Å². The van der Waals surface area contributed by atoms with E-state index in [-0.39, 0.29) is 24.1 Å². The molecule has 4 rings (SSSR count). The average Bonchev–Trinajstić information content (AvgIpc) is 2.76. The zero-order chi connectivity index (χ0) is 24.3. The lowest BCUT2D eigenvalue weighted by Crippen LogP contribution is -2.52. The Morgan fingerprint density at radius 1 is 1.26 bits per heavy atom. The van der Waals surface area contributed by atoms with Crippen LogP contribution in [0, 0.1) is 11.9 Å². The van der Waals surface area contributed by atoms with Gasteiger partial charge in [-0.2, -0.15) is 9.37 Å². The van der Waals surface area contributed by atoms with Crippen molar-refractivity contribution < 1.29 is 19.0 Å². The van der Waals surface area contributed by atoms with Crippen molar-refractivity contribution in [3.05, 3.63) is 59.0 Å². The van der Waals surface area contributed by atoms with Crippen molar-refractivity contribution in [2.45, 2.75) is 83.1 Å². The molecule has 0 radical (unpaired) electrons. The Kier molecular flexibility index (Phi) is 7.53. The molecular weight excluding hydrogens is 433 g/mol. The number of hydrogen-bond donors (Lipinski definition) is 3. The lowest BCUT2D eigenvalue weighted by Gasteiger charge is -2.47. The van der Waals surface area contributed by atoms with E-state index in [9.17, 15) is 14.3 Å². The highest BCUT2D eigenvalue weighted by molar-refractivity contribution is 5.73. The molecule has 2 aromatic rings. The summed E-state index contributed by atoms with van der Waals surface area (Å²) in [6, 6.07) is 11.2. The summed E-state index contributed by atoms with van der Waals surface area (Å²) in [7, 11) is 0. The highest BCUT2D eigenvalue weighted by atomic mass is 19.1. The minimum atomic E-state index is -0.795. The van der Waals surface area contributed by atoms with Gasteiger partial charge in [0.1, 0.15) is 5.60 Å². The van der Waals surface area contributed by atoms with Gasteiger partial charge < -0.3 is 20.5 Å². The molecule has 1 amide bonds.